The lowest BCUT2D eigenvalue weighted by atomic mass is 10.1. The number of halogens is 1. The summed E-state index contributed by atoms with van der Waals surface area (Å²) in [6.07, 6.45) is 3.47. The molecule has 1 unspecified atom stereocenters. The van der Waals surface area contributed by atoms with Crippen LogP contribution >= 0.6 is 11.6 Å². The maximum atomic E-state index is 8.96. The van der Waals surface area contributed by atoms with Crippen molar-refractivity contribution in [3.8, 4) is 11.8 Å². The fourth-order valence-corrected chi connectivity index (χ4v) is 2.01. The van der Waals surface area contributed by atoms with Gasteiger partial charge in [0.25, 0.3) is 0 Å². The standard InChI is InChI=1S/C13H14ClNO2/c14-11-4-5-13(10(7-11)8-15)17-9-12-3-1-2-6-16-12/h4-5,7,12H,1-3,6,9H2. The van der Waals surface area contributed by atoms with Gasteiger partial charge in [0, 0.05) is 11.6 Å². The fourth-order valence-electron chi connectivity index (χ4n) is 1.84. The highest BCUT2D eigenvalue weighted by Crippen LogP contribution is 2.23. The fraction of sp³-hybridized carbons (Fsp3) is 0.462. The Labute approximate surface area is 106 Å². The Hall–Kier alpha value is -1.24. The number of ether oxygens (including phenoxy) is 2. The van der Waals surface area contributed by atoms with Gasteiger partial charge in [0.1, 0.15) is 18.4 Å². The molecule has 0 radical (unpaired) electrons. The molecule has 0 amide bonds. The summed E-state index contributed by atoms with van der Waals surface area (Å²) in [7, 11) is 0. The number of nitriles is 1. The van der Waals surface area contributed by atoms with E-state index >= 15 is 0 Å². The van der Waals surface area contributed by atoms with Crippen LogP contribution in [0.4, 0.5) is 0 Å². The lowest BCUT2D eigenvalue weighted by molar-refractivity contribution is -0.0111. The van der Waals surface area contributed by atoms with Crippen LogP contribution in [0.25, 0.3) is 0 Å². The van der Waals surface area contributed by atoms with Gasteiger partial charge < -0.3 is 9.47 Å². The average molecular weight is 252 g/mol. The first kappa shape index (κ1) is 12.2. The van der Waals surface area contributed by atoms with Gasteiger partial charge in [-0.3, -0.25) is 0 Å². The first-order valence-electron chi connectivity index (χ1n) is 5.73. The van der Waals surface area contributed by atoms with E-state index < -0.39 is 0 Å². The molecule has 1 aromatic rings. The molecule has 4 heteroatoms. The normalized spacial score (nSPS) is 19.6. The lowest BCUT2D eigenvalue weighted by Gasteiger charge is -2.22. The summed E-state index contributed by atoms with van der Waals surface area (Å²) in [5.41, 5.74) is 0.466. The SMILES string of the molecule is N#Cc1cc(Cl)ccc1OCC1CCCCO1. The minimum atomic E-state index is 0.144. The van der Waals surface area contributed by atoms with E-state index in [0.717, 1.165) is 19.4 Å². The van der Waals surface area contributed by atoms with Crippen molar-refractivity contribution in [3.63, 3.8) is 0 Å². The van der Waals surface area contributed by atoms with Gasteiger partial charge in [0.2, 0.25) is 0 Å². The van der Waals surface area contributed by atoms with Crippen molar-refractivity contribution in [1.82, 2.24) is 0 Å². The van der Waals surface area contributed by atoms with Gasteiger partial charge in [-0.1, -0.05) is 11.6 Å². The molecule has 2 rings (SSSR count). The minimum absolute atomic E-state index is 0.144. The van der Waals surface area contributed by atoms with E-state index in [2.05, 4.69) is 6.07 Å². The zero-order valence-electron chi connectivity index (χ0n) is 9.49. The van der Waals surface area contributed by atoms with Gasteiger partial charge in [-0.05, 0) is 37.5 Å². The Balaban J connectivity index is 1.96. The van der Waals surface area contributed by atoms with Gasteiger partial charge in [0.15, 0.2) is 0 Å². The van der Waals surface area contributed by atoms with E-state index in [1.54, 1.807) is 18.2 Å². The number of hydrogen-bond acceptors (Lipinski definition) is 3. The van der Waals surface area contributed by atoms with Crippen LogP contribution in [0.1, 0.15) is 24.8 Å². The van der Waals surface area contributed by atoms with Crippen LogP contribution < -0.4 is 4.74 Å². The number of benzene rings is 1. The number of rotatable bonds is 3. The number of hydrogen-bond donors (Lipinski definition) is 0. The maximum absolute atomic E-state index is 8.96. The summed E-state index contributed by atoms with van der Waals surface area (Å²) in [5.74, 6) is 0.575. The summed E-state index contributed by atoms with van der Waals surface area (Å²) in [6, 6.07) is 7.13. The van der Waals surface area contributed by atoms with Crippen molar-refractivity contribution >= 4 is 11.6 Å². The lowest BCUT2D eigenvalue weighted by Crippen LogP contribution is -2.25. The molecule has 0 spiro atoms. The molecular formula is C13H14ClNO2. The van der Waals surface area contributed by atoms with E-state index in [0.29, 0.717) is 22.9 Å². The van der Waals surface area contributed by atoms with E-state index in [1.165, 1.54) is 6.42 Å². The molecule has 0 bridgehead atoms. The van der Waals surface area contributed by atoms with Gasteiger partial charge in [-0.25, -0.2) is 0 Å². The van der Waals surface area contributed by atoms with Crippen molar-refractivity contribution in [3.05, 3.63) is 28.8 Å². The Morgan fingerprint density at radius 3 is 3.06 bits per heavy atom. The molecule has 0 aliphatic carbocycles. The molecule has 1 heterocycles. The van der Waals surface area contributed by atoms with Crippen molar-refractivity contribution in [2.24, 2.45) is 0 Å². The zero-order valence-corrected chi connectivity index (χ0v) is 10.2. The van der Waals surface area contributed by atoms with Crippen molar-refractivity contribution < 1.29 is 9.47 Å². The largest absolute Gasteiger partial charge is 0.489 e. The second-order valence-corrected chi connectivity index (χ2v) is 4.49. The monoisotopic (exact) mass is 251 g/mol. The molecule has 3 nitrogen and oxygen atoms in total. The van der Waals surface area contributed by atoms with Crippen LogP contribution in [0.15, 0.2) is 18.2 Å². The highest BCUT2D eigenvalue weighted by atomic mass is 35.5. The molecule has 0 saturated carbocycles. The van der Waals surface area contributed by atoms with Crippen LogP contribution in [0.5, 0.6) is 5.75 Å². The Kier molecular flexibility index (Phi) is 4.24. The summed E-state index contributed by atoms with van der Waals surface area (Å²) in [5, 5.41) is 9.50. The second-order valence-electron chi connectivity index (χ2n) is 4.05. The Morgan fingerprint density at radius 2 is 2.35 bits per heavy atom. The van der Waals surface area contributed by atoms with Crippen LogP contribution in [-0.2, 0) is 4.74 Å². The third kappa shape index (κ3) is 3.36. The molecular weight excluding hydrogens is 238 g/mol. The van der Waals surface area contributed by atoms with E-state index in [1.807, 2.05) is 0 Å². The molecule has 1 aliphatic rings. The van der Waals surface area contributed by atoms with E-state index in [-0.39, 0.29) is 6.10 Å². The molecule has 0 aromatic heterocycles. The van der Waals surface area contributed by atoms with E-state index in [4.69, 9.17) is 26.3 Å². The van der Waals surface area contributed by atoms with Crippen LogP contribution in [0, 0.1) is 11.3 Å². The second kappa shape index (κ2) is 5.90. The third-order valence-electron chi connectivity index (χ3n) is 2.76. The summed E-state index contributed by atoms with van der Waals surface area (Å²) in [4.78, 5) is 0. The molecule has 17 heavy (non-hydrogen) atoms. The molecule has 0 N–H and O–H groups in total. The van der Waals surface area contributed by atoms with Crippen molar-refractivity contribution in [2.75, 3.05) is 13.2 Å². The minimum Gasteiger partial charge on any atom is -0.489 e. The van der Waals surface area contributed by atoms with Crippen LogP contribution in [-0.4, -0.2) is 19.3 Å². The smallest absolute Gasteiger partial charge is 0.137 e. The zero-order chi connectivity index (χ0) is 12.1. The summed E-state index contributed by atoms with van der Waals surface area (Å²) >= 11 is 5.81. The third-order valence-corrected chi connectivity index (χ3v) is 3.00. The topological polar surface area (TPSA) is 42.2 Å². The molecule has 1 atom stereocenters. The van der Waals surface area contributed by atoms with Crippen LogP contribution in [0.2, 0.25) is 5.02 Å². The predicted octanol–water partition coefficient (Wildman–Crippen LogP) is 3.16. The van der Waals surface area contributed by atoms with Gasteiger partial charge in [-0.2, -0.15) is 5.26 Å². The highest BCUT2D eigenvalue weighted by molar-refractivity contribution is 6.30. The predicted molar refractivity (Wildman–Crippen MR) is 65.3 cm³/mol. The Bertz CT molecular complexity index is 422. The summed E-state index contributed by atoms with van der Waals surface area (Å²) < 4.78 is 11.2. The first-order chi connectivity index (χ1) is 8.29. The van der Waals surface area contributed by atoms with Gasteiger partial charge in [-0.15, -0.1) is 0 Å². The summed E-state index contributed by atoms with van der Waals surface area (Å²) in [6.45, 7) is 1.30. The molecule has 1 saturated heterocycles. The quantitative estimate of drug-likeness (QED) is 0.829. The van der Waals surface area contributed by atoms with Crippen molar-refractivity contribution in [2.45, 2.75) is 25.4 Å². The number of nitrogens with zero attached hydrogens (tertiary/aromatic N) is 1. The molecule has 1 fully saturated rings. The van der Waals surface area contributed by atoms with Gasteiger partial charge in [0.05, 0.1) is 11.7 Å². The molecule has 90 valence electrons. The van der Waals surface area contributed by atoms with E-state index in [9.17, 15) is 0 Å². The molecule has 1 aromatic carbocycles. The highest BCUT2D eigenvalue weighted by Gasteiger charge is 2.15. The molecule has 1 aliphatic heterocycles. The first-order valence-corrected chi connectivity index (χ1v) is 6.11. The maximum Gasteiger partial charge on any atom is 0.137 e. The average Bonchev–Trinajstić information content (AvgIpc) is 2.38. The van der Waals surface area contributed by atoms with Crippen LogP contribution in [0.3, 0.4) is 0 Å². The van der Waals surface area contributed by atoms with Gasteiger partial charge >= 0.3 is 0 Å². The van der Waals surface area contributed by atoms with Crippen molar-refractivity contribution in [1.29, 1.82) is 5.26 Å². The Morgan fingerprint density at radius 1 is 1.47 bits per heavy atom.